The number of nitrogens with one attached hydrogen (secondary N) is 1. The van der Waals surface area contributed by atoms with Gasteiger partial charge < -0.3 is 10.1 Å². The summed E-state index contributed by atoms with van der Waals surface area (Å²) in [5.41, 5.74) is 0.552. The summed E-state index contributed by atoms with van der Waals surface area (Å²) in [4.78, 5) is 16.4. The van der Waals surface area contributed by atoms with Gasteiger partial charge >= 0.3 is 0 Å². The van der Waals surface area contributed by atoms with Gasteiger partial charge in [-0.05, 0) is 55.6 Å². The number of halogens is 1. The Morgan fingerprint density at radius 2 is 2.04 bits per heavy atom. The number of carbonyl (C=O) groups excluding carboxylic acids is 1. The van der Waals surface area contributed by atoms with Crippen molar-refractivity contribution in [3.05, 3.63) is 51.2 Å². The molecular formula is C20H25ClN2O2S. The topological polar surface area (TPSA) is 41.6 Å². The summed E-state index contributed by atoms with van der Waals surface area (Å²) < 4.78 is 5.15. The average Bonchev–Trinajstić information content (AvgIpc) is 3.04. The van der Waals surface area contributed by atoms with Crippen LogP contribution in [0.15, 0.2) is 35.7 Å². The van der Waals surface area contributed by atoms with Gasteiger partial charge in [0.15, 0.2) is 0 Å². The van der Waals surface area contributed by atoms with Crippen LogP contribution in [0.1, 0.15) is 47.0 Å². The standard InChI is InChI=1S/C20H25ClN2O2S/c1-25-18-9-8-15(13-16(18)21)20(24)22-14-17(19-7-6-12-26-19)23-10-4-2-3-5-11-23/h6-9,12-13,17H,2-5,10-11,14H2,1H3,(H,22,24). The van der Waals surface area contributed by atoms with Crippen LogP contribution in [0, 0.1) is 0 Å². The first-order valence-corrected chi connectivity index (χ1v) is 10.3. The number of ether oxygens (including phenoxy) is 1. The summed E-state index contributed by atoms with van der Waals surface area (Å²) in [6.07, 6.45) is 5.04. The first-order chi connectivity index (χ1) is 12.7. The second-order valence-corrected chi connectivity index (χ2v) is 7.93. The SMILES string of the molecule is COc1ccc(C(=O)NCC(c2cccs2)N2CCCCCC2)cc1Cl. The number of methoxy groups -OCH3 is 1. The summed E-state index contributed by atoms with van der Waals surface area (Å²) in [5, 5.41) is 5.65. The molecule has 0 aliphatic carbocycles. The summed E-state index contributed by atoms with van der Waals surface area (Å²) in [6, 6.07) is 9.59. The van der Waals surface area contributed by atoms with Crippen molar-refractivity contribution in [3.63, 3.8) is 0 Å². The van der Waals surface area contributed by atoms with Gasteiger partial charge in [-0.25, -0.2) is 0 Å². The monoisotopic (exact) mass is 392 g/mol. The summed E-state index contributed by atoms with van der Waals surface area (Å²) in [6.45, 7) is 2.78. The van der Waals surface area contributed by atoms with E-state index >= 15 is 0 Å². The molecule has 0 saturated carbocycles. The molecular weight excluding hydrogens is 368 g/mol. The van der Waals surface area contributed by atoms with Crippen LogP contribution in [0.5, 0.6) is 5.75 Å². The Morgan fingerprint density at radius 3 is 2.65 bits per heavy atom. The van der Waals surface area contributed by atoms with Gasteiger partial charge in [-0.2, -0.15) is 0 Å². The van der Waals surface area contributed by atoms with E-state index in [2.05, 4.69) is 27.7 Å². The van der Waals surface area contributed by atoms with Crippen molar-refractivity contribution < 1.29 is 9.53 Å². The Balaban J connectivity index is 1.69. The van der Waals surface area contributed by atoms with Crippen molar-refractivity contribution in [1.29, 1.82) is 0 Å². The molecule has 26 heavy (non-hydrogen) atoms. The Kier molecular flexibility index (Phi) is 6.94. The van der Waals surface area contributed by atoms with Crippen LogP contribution in [-0.2, 0) is 0 Å². The molecule has 0 radical (unpaired) electrons. The molecule has 0 bridgehead atoms. The molecule has 1 amide bonds. The maximum atomic E-state index is 12.6. The summed E-state index contributed by atoms with van der Waals surface area (Å²) in [7, 11) is 1.56. The maximum absolute atomic E-state index is 12.6. The number of nitrogens with zero attached hydrogens (tertiary/aromatic N) is 1. The minimum absolute atomic E-state index is 0.106. The Morgan fingerprint density at radius 1 is 1.27 bits per heavy atom. The van der Waals surface area contributed by atoms with Crippen LogP contribution in [-0.4, -0.2) is 37.6 Å². The molecule has 1 N–H and O–H groups in total. The van der Waals surface area contributed by atoms with E-state index in [4.69, 9.17) is 16.3 Å². The van der Waals surface area contributed by atoms with Crippen molar-refractivity contribution in [2.24, 2.45) is 0 Å². The fourth-order valence-electron chi connectivity index (χ4n) is 3.40. The molecule has 140 valence electrons. The van der Waals surface area contributed by atoms with E-state index in [0.717, 1.165) is 13.1 Å². The quantitative estimate of drug-likeness (QED) is 0.770. The van der Waals surface area contributed by atoms with E-state index in [1.165, 1.54) is 30.6 Å². The first kappa shape index (κ1) is 19.2. The molecule has 2 heterocycles. The van der Waals surface area contributed by atoms with Gasteiger partial charge in [-0.1, -0.05) is 30.5 Å². The van der Waals surface area contributed by atoms with Gasteiger partial charge in [0.1, 0.15) is 5.75 Å². The van der Waals surface area contributed by atoms with Crippen LogP contribution in [0.25, 0.3) is 0 Å². The predicted molar refractivity (Wildman–Crippen MR) is 107 cm³/mol. The van der Waals surface area contributed by atoms with Gasteiger partial charge in [0.05, 0.1) is 18.2 Å². The van der Waals surface area contributed by atoms with Gasteiger partial charge in [-0.3, -0.25) is 9.69 Å². The lowest BCUT2D eigenvalue weighted by Gasteiger charge is -2.30. The van der Waals surface area contributed by atoms with Crippen LogP contribution >= 0.6 is 22.9 Å². The number of rotatable bonds is 6. The highest BCUT2D eigenvalue weighted by atomic mass is 35.5. The van der Waals surface area contributed by atoms with Crippen LogP contribution in [0.3, 0.4) is 0 Å². The van der Waals surface area contributed by atoms with Gasteiger partial charge in [0, 0.05) is 17.0 Å². The molecule has 1 aromatic carbocycles. The molecule has 1 aromatic heterocycles. The molecule has 4 nitrogen and oxygen atoms in total. The fourth-order valence-corrected chi connectivity index (χ4v) is 4.51. The van der Waals surface area contributed by atoms with Crippen molar-refractivity contribution >= 4 is 28.8 Å². The second-order valence-electron chi connectivity index (χ2n) is 6.54. The third-order valence-electron chi connectivity index (χ3n) is 4.82. The normalized spacial score (nSPS) is 16.7. The molecule has 6 heteroatoms. The van der Waals surface area contributed by atoms with Crippen molar-refractivity contribution in [1.82, 2.24) is 10.2 Å². The number of hydrogen-bond donors (Lipinski definition) is 1. The zero-order chi connectivity index (χ0) is 18.4. The lowest BCUT2D eigenvalue weighted by atomic mass is 10.1. The zero-order valence-corrected chi connectivity index (χ0v) is 16.6. The number of amides is 1. The highest BCUT2D eigenvalue weighted by Gasteiger charge is 2.23. The molecule has 1 unspecified atom stereocenters. The predicted octanol–water partition coefficient (Wildman–Crippen LogP) is 4.76. The minimum Gasteiger partial charge on any atom is -0.495 e. The second kappa shape index (κ2) is 9.40. The van der Waals surface area contributed by atoms with Crippen molar-refractivity contribution in [3.8, 4) is 5.75 Å². The van der Waals surface area contributed by atoms with Crippen molar-refractivity contribution in [2.75, 3.05) is 26.7 Å². The Labute approximate surface area is 164 Å². The third kappa shape index (κ3) is 4.78. The highest BCUT2D eigenvalue weighted by molar-refractivity contribution is 7.10. The molecule has 0 spiro atoms. The lowest BCUT2D eigenvalue weighted by Crippen LogP contribution is -2.38. The van der Waals surface area contributed by atoms with Crippen LogP contribution in [0.2, 0.25) is 5.02 Å². The first-order valence-electron chi connectivity index (χ1n) is 9.08. The Bertz CT molecular complexity index is 713. The van der Waals surface area contributed by atoms with Gasteiger partial charge in [-0.15, -0.1) is 11.3 Å². The third-order valence-corrected chi connectivity index (χ3v) is 6.09. The number of benzene rings is 1. The molecule has 1 aliphatic rings. The smallest absolute Gasteiger partial charge is 0.251 e. The van der Waals surface area contributed by atoms with E-state index < -0.39 is 0 Å². The van der Waals surface area contributed by atoms with E-state index in [0.29, 0.717) is 22.9 Å². The minimum atomic E-state index is -0.106. The van der Waals surface area contributed by atoms with Crippen molar-refractivity contribution in [2.45, 2.75) is 31.7 Å². The number of thiophene rings is 1. The molecule has 1 fully saturated rings. The van der Waals surface area contributed by atoms with E-state index in [1.54, 1.807) is 36.6 Å². The molecule has 1 saturated heterocycles. The van der Waals surface area contributed by atoms with E-state index in [-0.39, 0.29) is 11.9 Å². The number of carbonyl (C=O) groups is 1. The Hall–Kier alpha value is -1.56. The average molecular weight is 393 g/mol. The summed E-state index contributed by atoms with van der Waals surface area (Å²) in [5.74, 6) is 0.468. The molecule has 1 aliphatic heterocycles. The van der Waals surface area contributed by atoms with E-state index in [1.807, 2.05) is 0 Å². The number of hydrogen-bond acceptors (Lipinski definition) is 4. The fraction of sp³-hybridized carbons (Fsp3) is 0.450. The van der Waals surface area contributed by atoms with Gasteiger partial charge in [0.2, 0.25) is 0 Å². The number of likely N-dealkylation sites (tertiary alicyclic amines) is 1. The van der Waals surface area contributed by atoms with E-state index in [9.17, 15) is 4.79 Å². The summed E-state index contributed by atoms with van der Waals surface area (Å²) >= 11 is 7.90. The van der Waals surface area contributed by atoms with Gasteiger partial charge in [0.25, 0.3) is 5.91 Å². The zero-order valence-electron chi connectivity index (χ0n) is 15.0. The lowest BCUT2D eigenvalue weighted by molar-refractivity contribution is 0.0934. The molecule has 2 aromatic rings. The molecule has 1 atom stereocenters. The van der Waals surface area contributed by atoms with Crippen LogP contribution in [0.4, 0.5) is 0 Å². The largest absolute Gasteiger partial charge is 0.495 e. The highest BCUT2D eigenvalue weighted by Crippen LogP contribution is 2.28. The maximum Gasteiger partial charge on any atom is 0.251 e. The molecule has 3 rings (SSSR count). The van der Waals surface area contributed by atoms with Crippen LogP contribution < -0.4 is 10.1 Å².